The molecule has 2 aromatic rings. The van der Waals surface area contributed by atoms with Crippen molar-refractivity contribution in [2.75, 3.05) is 5.73 Å². The fourth-order valence-electron chi connectivity index (χ4n) is 1.59. The number of rotatable bonds is 2. The Balaban J connectivity index is 2.34. The van der Waals surface area contributed by atoms with Crippen LogP contribution in [0.3, 0.4) is 0 Å². The van der Waals surface area contributed by atoms with Gasteiger partial charge in [-0.25, -0.2) is 4.98 Å². The van der Waals surface area contributed by atoms with E-state index < -0.39 is 0 Å². The van der Waals surface area contributed by atoms with Crippen molar-refractivity contribution in [3.8, 4) is 11.6 Å². The number of halogens is 2. The van der Waals surface area contributed by atoms with Gasteiger partial charge in [0.15, 0.2) is 0 Å². The molecule has 1 heterocycles. The smallest absolute Gasteiger partial charge is 0.238 e. The Morgan fingerprint density at radius 1 is 1.11 bits per heavy atom. The van der Waals surface area contributed by atoms with E-state index in [0.29, 0.717) is 22.3 Å². The Bertz CT molecular complexity index is 577. The third kappa shape index (κ3) is 2.68. The Morgan fingerprint density at radius 2 is 1.72 bits per heavy atom. The number of aryl methyl sites for hydroxylation is 2. The lowest BCUT2D eigenvalue weighted by atomic mass is 10.1. The molecule has 94 valence electrons. The quantitative estimate of drug-likeness (QED) is 0.889. The largest absolute Gasteiger partial charge is 0.438 e. The fraction of sp³-hybridized carbons (Fsp3) is 0.154. The number of nitrogens with zero attached hydrogens (tertiary/aromatic N) is 1. The zero-order chi connectivity index (χ0) is 13.3. The highest BCUT2D eigenvalue weighted by molar-refractivity contribution is 6.32. The highest BCUT2D eigenvalue weighted by atomic mass is 35.5. The molecule has 1 aromatic carbocycles. The monoisotopic (exact) mass is 282 g/mol. The van der Waals surface area contributed by atoms with Crippen LogP contribution in [0.5, 0.6) is 11.6 Å². The van der Waals surface area contributed by atoms with Gasteiger partial charge in [-0.05, 0) is 43.2 Å². The summed E-state index contributed by atoms with van der Waals surface area (Å²) < 4.78 is 5.62. The Labute approximate surface area is 115 Å². The summed E-state index contributed by atoms with van der Waals surface area (Å²) in [7, 11) is 0. The lowest BCUT2D eigenvalue weighted by molar-refractivity contribution is 0.462. The van der Waals surface area contributed by atoms with Crippen LogP contribution in [-0.4, -0.2) is 4.98 Å². The maximum Gasteiger partial charge on any atom is 0.238 e. The average Bonchev–Trinajstić information content (AvgIpc) is 2.29. The first-order chi connectivity index (χ1) is 8.47. The zero-order valence-electron chi connectivity index (χ0n) is 10.00. The number of hydrogen-bond acceptors (Lipinski definition) is 3. The Morgan fingerprint density at radius 3 is 2.28 bits per heavy atom. The van der Waals surface area contributed by atoms with Crippen LogP contribution in [0.25, 0.3) is 0 Å². The molecule has 0 unspecified atom stereocenters. The minimum atomic E-state index is 0.326. The molecule has 18 heavy (non-hydrogen) atoms. The van der Waals surface area contributed by atoms with E-state index >= 15 is 0 Å². The van der Waals surface area contributed by atoms with Gasteiger partial charge in [-0.2, -0.15) is 0 Å². The number of benzene rings is 1. The van der Waals surface area contributed by atoms with E-state index in [1.54, 1.807) is 6.07 Å². The van der Waals surface area contributed by atoms with E-state index in [9.17, 15) is 0 Å². The van der Waals surface area contributed by atoms with Crippen LogP contribution in [-0.2, 0) is 0 Å². The highest BCUT2D eigenvalue weighted by Gasteiger charge is 2.08. The summed E-state index contributed by atoms with van der Waals surface area (Å²) in [5.74, 6) is 0.973. The number of hydrogen-bond donors (Lipinski definition) is 1. The molecule has 0 aliphatic rings. The number of ether oxygens (including phenoxy) is 1. The minimum absolute atomic E-state index is 0.326. The predicted molar refractivity (Wildman–Crippen MR) is 74.7 cm³/mol. The number of nitrogens with two attached hydrogens (primary N) is 1. The molecule has 0 saturated heterocycles. The predicted octanol–water partition coefficient (Wildman–Crippen LogP) is 4.38. The first-order valence-corrected chi connectivity index (χ1v) is 6.08. The molecule has 2 N–H and O–H groups in total. The maximum atomic E-state index is 6.09. The van der Waals surface area contributed by atoms with Gasteiger partial charge in [-0.15, -0.1) is 0 Å². The van der Waals surface area contributed by atoms with Crippen LogP contribution in [0.2, 0.25) is 10.0 Å². The molecule has 0 bridgehead atoms. The lowest BCUT2D eigenvalue weighted by Gasteiger charge is -2.10. The second kappa shape index (κ2) is 5.04. The third-order valence-corrected chi connectivity index (χ3v) is 3.32. The van der Waals surface area contributed by atoms with Crippen LogP contribution in [0.15, 0.2) is 24.4 Å². The number of nitrogen functional groups attached to an aromatic ring is 1. The summed E-state index contributed by atoms with van der Waals surface area (Å²) in [5.41, 5.74) is 7.95. The van der Waals surface area contributed by atoms with E-state index in [-0.39, 0.29) is 0 Å². The summed E-state index contributed by atoms with van der Waals surface area (Å²) in [4.78, 5) is 4.04. The molecule has 0 spiro atoms. The summed E-state index contributed by atoms with van der Waals surface area (Å²) in [6.45, 7) is 3.83. The summed E-state index contributed by atoms with van der Waals surface area (Å²) >= 11 is 12.1. The number of pyridine rings is 1. The second-order valence-corrected chi connectivity index (χ2v) is 4.81. The van der Waals surface area contributed by atoms with Crippen LogP contribution >= 0.6 is 23.2 Å². The van der Waals surface area contributed by atoms with Crippen molar-refractivity contribution in [1.82, 2.24) is 4.98 Å². The third-order valence-electron chi connectivity index (χ3n) is 2.45. The fourth-order valence-corrected chi connectivity index (χ4v) is 1.91. The first-order valence-electron chi connectivity index (χ1n) is 5.33. The van der Waals surface area contributed by atoms with E-state index in [1.807, 2.05) is 26.0 Å². The SMILES string of the molecule is Cc1cc(Oc2ncc(N)cc2Cl)cc(C)c1Cl. The van der Waals surface area contributed by atoms with Crippen LogP contribution < -0.4 is 10.5 Å². The molecule has 0 amide bonds. The molecule has 3 nitrogen and oxygen atoms in total. The minimum Gasteiger partial charge on any atom is -0.438 e. The summed E-state index contributed by atoms with van der Waals surface area (Å²) in [6, 6.07) is 5.27. The molecular weight excluding hydrogens is 271 g/mol. The summed E-state index contributed by atoms with van der Waals surface area (Å²) in [5, 5.41) is 1.11. The van der Waals surface area contributed by atoms with Crippen molar-refractivity contribution >= 4 is 28.9 Å². The van der Waals surface area contributed by atoms with Crippen LogP contribution in [0.1, 0.15) is 11.1 Å². The van der Waals surface area contributed by atoms with Crippen molar-refractivity contribution in [3.05, 3.63) is 45.6 Å². The lowest BCUT2D eigenvalue weighted by Crippen LogP contribution is -1.93. The highest BCUT2D eigenvalue weighted by Crippen LogP contribution is 2.31. The molecule has 0 fully saturated rings. The molecule has 2 rings (SSSR count). The van der Waals surface area contributed by atoms with Gasteiger partial charge in [0, 0.05) is 5.02 Å². The zero-order valence-corrected chi connectivity index (χ0v) is 11.5. The van der Waals surface area contributed by atoms with E-state index in [0.717, 1.165) is 16.1 Å². The van der Waals surface area contributed by atoms with Gasteiger partial charge >= 0.3 is 0 Å². The van der Waals surface area contributed by atoms with Gasteiger partial charge in [-0.3, -0.25) is 0 Å². The number of aromatic nitrogens is 1. The van der Waals surface area contributed by atoms with Crippen molar-refractivity contribution in [3.63, 3.8) is 0 Å². The van der Waals surface area contributed by atoms with E-state index in [1.165, 1.54) is 6.20 Å². The van der Waals surface area contributed by atoms with Crippen molar-refractivity contribution in [2.45, 2.75) is 13.8 Å². The van der Waals surface area contributed by atoms with Gasteiger partial charge in [-0.1, -0.05) is 23.2 Å². The van der Waals surface area contributed by atoms with Crippen molar-refractivity contribution < 1.29 is 4.74 Å². The van der Waals surface area contributed by atoms with Crippen LogP contribution in [0.4, 0.5) is 5.69 Å². The van der Waals surface area contributed by atoms with Gasteiger partial charge in [0.25, 0.3) is 0 Å². The van der Waals surface area contributed by atoms with Gasteiger partial charge in [0.05, 0.1) is 11.9 Å². The van der Waals surface area contributed by atoms with Crippen LogP contribution in [0, 0.1) is 13.8 Å². The normalized spacial score (nSPS) is 10.4. The number of anilines is 1. The topological polar surface area (TPSA) is 48.1 Å². The molecule has 0 atom stereocenters. The van der Waals surface area contributed by atoms with Gasteiger partial charge in [0.2, 0.25) is 5.88 Å². The first kappa shape index (κ1) is 13.0. The molecule has 0 aliphatic carbocycles. The molecule has 1 aromatic heterocycles. The van der Waals surface area contributed by atoms with E-state index in [4.69, 9.17) is 33.7 Å². The Hall–Kier alpha value is -1.45. The molecule has 5 heteroatoms. The standard InChI is InChI=1S/C13H12Cl2N2O/c1-7-3-10(4-8(2)12(7)15)18-13-11(14)5-9(16)6-17-13/h3-6H,16H2,1-2H3. The molecule has 0 radical (unpaired) electrons. The Kier molecular flexibility index (Phi) is 3.64. The molecule has 0 saturated carbocycles. The van der Waals surface area contributed by atoms with Gasteiger partial charge < -0.3 is 10.5 Å². The maximum absolute atomic E-state index is 6.09. The average molecular weight is 283 g/mol. The molecular formula is C13H12Cl2N2O. The summed E-state index contributed by atoms with van der Waals surface area (Å²) in [6.07, 6.45) is 1.50. The van der Waals surface area contributed by atoms with E-state index in [2.05, 4.69) is 4.98 Å². The van der Waals surface area contributed by atoms with Crippen molar-refractivity contribution in [1.29, 1.82) is 0 Å². The second-order valence-electron chi connectivity index (χ2n) is 4.03. The van der Waals surface area contributed by atoms with Crippen molar-refractivity contribution in [2.24, 2.45) is 0 Å². The van der Waals surface area contributed by atoms with Gasteiger partial charge in [0.1, 0.15) is 10.8 Å². The molecule has 0 aliphatic heterocycles.